The maximum atomic E-state index is 12.7. The van der Waals surface area contributed by atoms with Crippen molar-refractivity contribution >= 4 is 29.1 Å². The quantitative estimate of drug-likeness (QED) is 0.864. The van der Waals surface area contributed by atoms with Crippen molar-refractivity contribution in [3.63, 3.8) is 0 Å². The largest absolute Gasteiger partial charge is 0.339 e. The maximum Gasteiger partial charge on any atom is 0.240 e. The zero-order valence-corrected chi connectivity index (χ0v) is 13.4. The number of halogens is 1. The molecule has 1 aromatic carbocycles. The Bertz CT molecular complexity index is 576. The third kappa shape index (κ3) is 2.96. The molecule has 0 unspecified atom stereocenters. The third-order valence-corrected chi connectivity index (χ3v) is 4.74. The second kappa shape index (κ2) is 5.89. The molecule has 1 aliphatic heterocycles. The molecule has 0 spiro atoms. The molecule has 118 valence electrons. The van der Waals surface area contributed by atoms with Crippen molar-refractivity contribution < 1.29 is 9.59 Å². The van der Waals surface area contributed by atoms with Gasteiger partial charge in [-0.25, -0.2) is 0 Å². The summed E-state index contributed by atoms with van der Waals surface area (Å²) in [6, 6.07) is 6.94. The lowest BCUT2D eigenvalue weighted by Gasteiger charge is -2.34. The number of likely N-dealkylation sites (N-methyl/N-ethyl adjacent to an activating group) is 1. The molecule has 3 rings (SSSR count). The van der Waals surface area contributed by atoms with Crippen molar-refractivity contribution in [1.29, 1.82) is 0 Å². The molecule has 22 heavy (non-hydrogen) atoms. The number of rotatable bonds is 3. The first-order chi connectivity index (χ1) is 10.5. The van der Waals surface area contributed by atoms with Crippen LogP contribution in [0.25, 0.3) is 0 Å². The number of anilines is 1. The summed E-state index contributed by atoms with van der Waals surface area (Å²) in [6.45, 7) is 3.12. The molecule has 5 nitrogen and oxygen atoms in total. The monoisotopic (exact) mass is 321 g/mol. The van der Waals surface area contributed by atoms with Crippen LogP contribution in [-0.4, -0.2) is 54.8 Å². The number of piperazine rings is 1. The summed E-state index contributed by atoms with van der Waals surface area (Å²) in [7, 11) is 2.04. The van der Waals surface area contributed by atoms with Gasteiger partial charge in [-0.3, -0.25) is 9.59 Å². The average Bonchev–Trinajstić information content (AvgIpc) is 3.31. The van der Waals surface area contributed by atoms with E-state index in [1.54, 1.807) is 24.3 Å². The summed E-state index contributed by atoms with van der Waals surface area (Å²) in [6.07, 6.45) is 1.27. The van der Waals surface area contributed by atoms with E-state index in [1.807, 2.05) is 11.9 Å². The van der Waals surface area contributed by atoms with Crippen LogP contribution in [0.5, 0.6) is 0 Å². The normalized spacial score (nSPS) is 20.5. The molecule has 1 saturated carbocycles. The predicted octanol–water partition coefficient (Wildman–Crippen LogP) is 1.83. The SMILES string of the molecule is CN1CCN(C(=O)C2(C(=O)Nc3ccc(Cl)cc3)CC2)CC1. The van der Waals surface area contributed by atoms with Gasteiger partial charge in [0.15, 0.2) is 0 Å². The van der Waals surface area contributed by atoms with E-state index in [0.29, 0.717) is 36.6 Å². The number of nitrogens with zero attached hydrogens (tertiary/aromatic N) is 2. The number of hydrogen-bond donors (Lipinski definition) is 1. The van der Waals surface area contributed by atoms with Crippen LogP contribution in [0.1, 0.15) is 12.8 Å². The minimum Gasteiger partial charge on any atom is -0.339 e. The van der Waals surface area contributed by atoms with Crippen LogP contribution in [0, 0.1) is 5.41 Å². The van der Waals surface area contributed by atoms with E-state index < -0.39 is 5.41 Å². The van der Waals surface area contributed by atoms with Gasteiger partial charge in [0.2, 0.25) is 11.8 Å². The number of hydrogen-bond acceptors (Lipinski definition) is 3. The highest BCUT2D eigenvalue weighted by atomic mass is 35.5. The molecule has 2 amide bonds. The molecule has 0 atom stereocenters. The van der Waals surface area contributed by atoms with Gasteiger partial charge in [-0.05, 0) is 44.2 Å². The van der Waals surface area contributed by atoms with E-state index in [0.717, 1.165) is 13.1 Å². The zero-order valence-electron chi connectivity index (χ0n) is 12.6. The van der Waals surface area contributed by atoms with Crippen LogP contribution < -0.4 is 5.32 Å². The number of benzene rings is 1. The Morgan fingerprint density at radius 3 is 2.23 bits per heavy atom. The minimum atomic E-state index is -0.852. The van der Waals surface area contributed by atoms with E-state index >= 15 is 0 Å². The van der Waals surface area contributed by atoms with Crippen LogP contribution in [-0.2, 0) is 9.59 Å². The number of amides is 2. The molecular formula is C16H20ClN3O2. The summed E-state index contributed by atoms with van der Waals surface area (Å²) in [5.41, 5.74) is -0.179. The molecule has 2 fully saturated rings. The summed E-state index contributed by atoms with van der Waals surface area (Å²) in [4.78, 5) is 29.2. The average molecular weight is 322 g/mol. The lowest BCUT2D eigenvalue weighted by atomic mass is 10.0. The molecule has 1 aromatic rings. The molecule has 1 heterocycles. The Morgan fingerprint density at radius 2 is 1.68 bits per heavy atom. The summed E-state index contributed by atoms with van der Waals surface area (Å²) < 4.78 is 0. The van der Waals surface area contributed by atoms with Crippen molar-refractivity contribution in [3.05, 3.63) is 29.3 Å². The van der Waals surface area contributed by atoms with Gasteiger partial charge in [0.1, 0.15) is 5.41 Å². The van der Waals surface area contributed by atoms with E-state index in [-0.39, 0.29) is 11.8 Å². The molecule has 6 heteroatoms. The fraction of sp³-hybridized carbons (Fsp3) is 0.500. The molecule has 1 N–H and O–H groups in total. The van der Waals surface area contributed by atoms with Crippen LogP contribution in [0.2, 0.25) is 5.02 Å². The highest BCUT2D eigenvalue weighted by Crippen LogP contribution is 2.48. The summed E-state index contributed by atoms with van der Waals surface area (Å²) in [5, 5.41) is 3.46. The number of carbonyl (C=O) groups is 2. The smallest absolute Gasteiger partial charge is 0.240 e. The lowest BCUT2D eigenvalue weighted by molar-refractivity contribution is -0.143. The van der Waals surface area contributed by atoms with Gasteiger partial charge >= 0.3 is 0 Å². The first kappa shape index (κ1) is 15.3. The van der Waals surface area contributed by atoms with Gasteiger partial charge < -0.3 is 15.1 Å². The third-order valence-electron chi connectivity index (χ3n) is 4.49. The number of carbonyl (C=O) groups excluding carboxylic acids is 2. The molecule has 0 aromatic heterocycles. The Hall–Kier alpha value is -1.59. The van der Waals surface area contributed by atoms with E-state index in [2.05, 4.69) is 10.2 Å². The van der Waals surface area contributed by atoms with Gasteiger partial charge in [-0.1, -0.05) is 11.6 Å². The van der Waals surface area contributed by atoms with Crippen LogP contribution in [0.4, 0.5) is 5.69 Å². The Morgan fingerprint density at radius 1 is 1.09 bits per heavy atom. The van der Waals surface area contributed by atoms with Crippen molar-refractivity contribution in [1.82, 2.24) is 9.80 Å². The van der Waals surface area contributed by atoms with Gasteiger partial charge in [0.05, 0.1) is 0 Å². The molecule has 0 bridgehead atoms. The zero-order chi connectivity index (χ0) is 15.7. The second-order valence-corrected chi connectivity index (χ2v) is 6.58. The standard InChI is InChI=1S/C16H20ClN3O2/c1-19-8-10-20(11-9-19)15(22)16(6-7-16)14(21)18-13-4-2-12(17)3-5-13/h2-5H,6-11H2,1H3,(H,18,21). The molecule has 1 saturated heterocycles. The number of nitrogens with one attached hydrogen (secondary N) is 1. The predicted molar refractivity (Wildman–Crippen MR) is 85.8 cm³/mol. The Kier molecular flexibility index (Phi) is 4.10. The van der Waals surface area contributed by atoms with Gasteiger partial charge in [-0.15, -0.1) is 0 Å². The minimum absolute atomic E-state index is 0.0212. The van der Waals surface area contributed by atoms with Crippen LogP contribution in [0.3, 0.4) is 0 Å². The van der Waals surface area contributed by atoms with Gasteiger partial charge in [0, 0.05) is 36.9 Å². The van der Waals surface area contributed by atoms with Crippen LogP contribution in [0.15, 0.2) is 24.3 Å². The van der Waals surface area contributed by atoms with Crippen LogP contribution >= 0.6 is 11.6 Å². The van der Waals surface area contributed by atoms with Crippen molar-refractivity contribution in [2.75, 3.05) is 38.5 Å². The van der Waals surface area contributed by atoms with E-state index in [4.69, 9.17) is 11.6 Å². The molecular weight excluding hydrogens is 302 g/mol. The first-order valence-corrected chi connectivity index (χ1v) is 7.94. The van der Waals surface area contributed by atoms with Crippen molar-refractivity contribution in [2.24, 2.45) is 5.41 Å². The first-order valence-electron chi connectivity index (χ1n) is 7.56. The summed E-state index contributed by atoms with van der Waals surface area (Å²) >= 11 is 5.84. The van der Waals surface area contributed by atoms with Gasteiger partial charge in [0.25, 0.3) is 0 Å². The highest BCUT2D eigenvalue weighted by Gasteiger charge is 2.58. The molecule has 1 aliphatic carbocycles. The molecule has 0 radical (unpaired) electrons. The fourth-order valence-electron chi connectivity index (χ4n) is 2.76. The fourth-order valence-corrected chi connectivity index (χ4v) is 2.89. The van der Waals surface area contributed by atoms with Gasteiger partial charge in [-0.2, -0.15) is 0 Å². The van der Waals surface area contributed by atoms with E-state index in [9.17, 15) is 9.59 Å². The van der Waals surface area contributed by atoms with Crippen molar-refractivity contribution in [2.45, 2.75) is 12.8 Å². The maximum absolute atomic E-state index is 12.7. The Labute approximate surface area is 135 Å². The highest BCUT2D eigenvalue weighted by molar-refractivity contribution is 6.30. The Balaban J connectivity index is 1.66. The lowest BCUT2D eigenvalue weighted by Crippen LogP contribution is -2.51. The van der Waals surface area contributed by atoms with Crippen molar-refractivity contribution in [3.8, 4) is 0 Å². The summed E-state index contributed by atoms with van der Waals surface area (Å²) in [5.74, 6) is -0.217. The molecule has 2 aliphatic rings. The second-order valence-electron chi connectivity index (χ2n) is 6.14. The topological polar surface area (TPSA) is 52.7 Å². The van der Waals surface area contributed by atoms with E-state index in [1.165, 1.54) is 0 Å².